The zero-order chi connectivity index (χ0) is 28.9. The molecule has 4 rings (SSSR count). The number of carbonyl (C=O) groups is 1. The molecule has 40 heavy (non-hydrogen) atoms. The number of aliphatic hydroxyl groups is 1. The number of para-hydroxylation sites is 1. The van der Waals surface area contributed by atoms with Crippen molar-refractivity contribution in [2.75, 3.05) is 38.6 Å². The maximum Gasteiger partial charge on any atom is 0.262 e. The summed E-state index contributed by atoms with van der Waals surface area (Å²) in [6.45, 7) is 5.14. The first-order chi connectivity index (χ1) is 19.1. The Morgan fingerprint density at radius 2 is 1.80 bits per heavy atom. The molecule has 0 bridgehead atoms. The second-order valence-electron chi connectivity index (χ2n) is 10.3. The van der Waals surface area contributed by atoms with Gasteiger partial charge in [0.05, 0.1) is 35.9 Å². The lowest BCUT2D eigenvalue weighted by molar-refractivity contribution is 0.0344. The molecule has 3 aromatic rings. The highest BCUT2D eigenvalue weighted by Gasteiger charge is 2.35. The van der Waals surface area contributed by atoms with Crippen LogP contribution in [0, 0.1) is 5.92 Å². The normalized spacial score (nSPS) is 18.4. The largest absolute Gasteiger partial charge is 0.497 e. The summed E-state index contributed by atoms with van der Waals surface area (Å²) in [5.41, 5.74) is 1.52. The second kappa shape index (κ2) is 12.7. The van der Waals surface area contributed by atoms with Crippen LogP contribution in [-0.4, -0.2) is 75.2 Å². The fourth-order valence-corrected chi connectivity index (χ4v) is 5.84. The second-order valence-corrected chi connectivity index (χ2v) is 12.0. The van der Waals surface area contributed by atoms with E-state index >= 15 is 0 Å². The molecule has 0 fully saturated rings. The standard InChI is InChI=1S/C30H37N3O6S/c1-21-17-33(22(2)20-34)30(35)26-11-8-12-27(31-40(36,37)25-9-6-5-7-10-25)29(26)39-28(21)19-32(3)18-23-13-15-24(38-4)16-14-23/h5-16,21-22,28,31,34H,17-20H2,1-4H3/t21-,22-,28-/m0/s1. The number of likely N-dealkylation sites (N-methyl/N-ethyl adjacent to an activating group) is 1. The Morgan fingerprint density at radius 1 is 1.10 bits per heavy atom. The Bertz CT molecular complexity index is 1400. The van der Waals surface area contributed by atoms with E-state index in [4.69, 9.17) is 9.47 Å². The molecule has 0 saturated carbocycles. The van der Waals surface area contributed by atoms with Gasteiger partial charge >= 0.3 is 0 Å². The molecular formula is C30H37N3O6S. The summed E-state index contributed by atoms with van der Waals surface area (Å²) in [6.07, 6.45) is -0.383. The molecule has 0 unspecified atom stereocenters. The van der Waals surface area contributed by atoms with Crippen molar-refractivity contribution in [2.24, 2.45) is 5.92 Å². The van der Waals surface area contributed by atoms with E-state index in [0.29, 0.717) is 19.6 Å². The molecule has 0 aliphatic carbocycles. The number of nitrogens with one attached hydrogen (secondary N) is 1. The summed E-state index contributed by atoms with van der Waals surface area (Å²) < 4.78 is 40.8. The third-order valence-corrected chi connectivity index (χ3v) is 8.47. The van der Waals surface area contributed by atoms with Gasteiger partial charge < -0.3 is 19.5 Å². The van der Waals surface area contributed by atoms with Crippen LogP contribution >= 0.6 is 0 Å². The Balaban J connectivity index is 1.68. The summed E-state index contributed by atoms with van der Waals surface area (Å²) in [5.74, 6) is 0.516. The van der Waals surface area contributed by atoms with Gasteiger partial charge in [-0.15, -0.1) is 0 Å². The highest BCUT2D eigenvalue weighted by molar-refractivity contribution is 7.92. The van der Waals surface area contributed by atoms with Crippen LogP contribution in [0.5, 0.6) is 11.5 Å². The fourth-order valence-electron chi connectivity index (χ4n) is 4.76. The smallest absolute Gasteiger partial charge is 0.262 e. The van der Waals surface area contributed by atoms with Gasteiger partial charge in [-0.05, 0) is 55.9 Å². The molecule has 1 aliphatic rings. The number of amides is 1. The van der Waals surface area contributed by atoms with E-state index in [0.717, 1.165) is 11.3 Å². The number of nitrogens with zero attached hydrogens (tertiary/aromatic N) is 2. The Morgan fingerprint density at radius 3 is 2.45 bits per heavy atom. The SMILES string of the molecule is COc1ccc(CN(C)C[C@@H]2Oc3c(NS(=O)(=O)c4ccccc4)cccc3C(=O)N([C@@H](C)CO)C[C@@H]2C)cc1. The van der Waals surface area contributed by atoms with Crippen molar-refractivity contribution in [1.82, 2.24) is 9.80 Å². The van der Waals surface area contributed by atoms with Crippen LogP contribution < -0.4 is 14.2 Å². The predicted molar refractivity (Wildman–Crippen MR) is 154 cm³/mol. The minimum Gasteiger partial charge on any atom is -0.497 e. The number of rotatable bonds is 10. The monoisotopic (exact) mass is 567 g/mol. The van der Waals surface area contributed by atoms with Crippen LogP contribution in [0.1, 0.15) is 29.8 Å². The molecule has 214 valence electrons. The molecule has 0 saturated heterocycles. The first-order valence-corrected chi connectivity index (χ1v) is 14.7. The highest BCUT2D eigenvalue weighted by atomic mass is 32.2. The minimum atomic E-state index is -3.94. The van der Waals surface area contributed by atoms with Gasteiger partial charge in [0, 0.05) is 25.6 Å². The number of fused-ring (bicyclic) bond motifs is 1. The van der Waals surface area contributed by atoms with Gasteiger partial charge in [-0.2, -0.15) is 0 Å². The average molecular weight is 568 g/mol. The molecule has 1 heterocycles. The topological polar surface area (TPSA) is 108 Å². The summed E-state index contributed by atoms with van der Waals surface area (Å²) in [5, 5.41) is 9.91. The number of carbonyl (C=O) groups excluding carboxylic acids is 1. The lowest BCUT2D eigenvalue weighted by Gasteiger charge is -2.38. The molecule has 3 aromatic carbocycles. The van der Waals surface area contributed by atoms with Crippen molar-refractivity contribution >= 4 is 21.6 Å². The van der Waals surface area contributed by atoms with Crippen LogP contribution in [0.3, 0.4) is 0 Å². The number of hydrogen-bond donors (Lipinski definition) is 2. The van der Waals surface area contributed by atoms with E-state index in [1.807, 2.05) is 38.2 Å². The molecular weight excluding hydrogens is 530 g/mol. The summed E-state index contributed by atoms with van der Waals surface area (Å²) in [7, 11) is -0.315. The molecule has 10 heteroatoms. The Labute approximate surface area is 236 Å². The number of sulfonamides is 1. The van der Waals surface area contributed by atoms with Crippen molar-refractivity contribution in [1.29, 1.82) is 0 Å². The molecule has 1 amide bonds. The number of ether oxygens (including phenoxy) is 2. The van der Waals surface area contributed by atoms with E-state index in [2.05, 4.69) is 9.62 Å². The third kappa shape index (κ3) is 6.75. The molecule has 9 nitrogen and oxygen atoms in total. The first kappa shape index (κ1) is 29.4. The number of aliphatic hydroxyl groups excluding tert-OH is 1. The van der Waals surface area contributed by atoms with Gasteiger partial charge in [-0.1, -0.05) is 43.3 Å². The van der Waals surface area contributed by atoms with Gasteiger partial charge in [0.2, 0.25) is 0 Å². The quantitative estimate of drug-likeness (QED) is 0.383. The van der Waals surface area contributed by atoms with Gasteiger partial charge in [0.25, 0.3) is 15.9 Å². The van der Waals surface area contributed by atoms with E-state index in [9.17, 15) is 18.3 Å². The summed E-state index contributed by atoms with van der Waals surface area (Å²) >= 11 is 0. The number of anilines is 1. The molecule has 1 aliphatic heterocycles. The fraction of sp³-hybridized carbons (Fsp3) is 0.367. The van der Waals surface area contributed by atoms with E-state index < -0.39 is 16.1 Å². The number of hydrogen-bond acceptors (Lipinski definition) is 7. The van der Waals surface area contributed by atoms with Crippen LogP contribution in [0.15, 0.2) is 77.7 Å². The van der Waals surface area contributed by atoms with Crippen LogP contribution in [0.4, 0.5) is 5.69 Å². The van der Waals surface area contributed by atoms with Gasteiger partial charge in [-0.3, -0.25) is 14.4 Å². The van der Waals surface area contributed by atoms with Crippen molar-refractivity contribution in [3.63, 3.8) is 0 Å². The molecule has 3 atom stereocenters. The van der Waals surface area contributed by atoms with Gasteiger partial charge in [0.15, 0.2) is 5.75 Å². The van der Waals surface area contributed by atoms with Crippen molar-refractivity contribution in [3.8, 4) is 11.5 Å². The average Bonchev–Trinajstić information content (AvgIpc) is 2.95. The summed E-state index contributed by atoms with van der Waals surface area (Å²) in [6, 6.07) is 20.3. The lowest BCUT2D eigenvalue weighted by Crippen LogP contribution is -2.49. The van der Waals surface area contributed by atoms with E-state index in [-0.39, 0.29) is 46.4 Å². The van der Waals surface area contributed by atoms with Crippen LogP contribution in [-0.2, 0) is 16.6 Å². The Kier molecular flexibility index (Phi) is 9.34. The zero-order valence-electron chi connectivity index (χ0n) is 23.3. The molecule has 0 radical (unpaired) electrons. The predicted octanol–water partition coefficient (Wildman–Crippen LogP) is 3.85. The van der Waals surface area contributed by atoms with E-state index in [1.165, 1.54) is 12.1 Å². The van der Waals surface area contributed by atoms with Crippen LogP contribution in [0.2, 0.25) is 0 Å². The number of methoxy groups -OCH3 is 1. The molecule has 0 aromatic heterocycles. The van der Waals surface area contributed by atoms with E-state index in [1.54, 1.807) is 55.3 Å². The first-order valence-electron chi connectivity index (χ1n) is 13.2. The van der Waals surface area contributed by atoms with Gasteiger partial charge in [-0.25, -0.2) is 8.42 Å². The third-order valence-electron chi connectivity index (χ3n) is 7.09. The summed E-state index contributed by atoms with van der Waals surface area (Å²) in [4.78, 5) is 17.5. The maximum absolute atomic E-state index is 13.7. The molecule has 2 N–H and O–H groups in total. The van der Waals surface area contributed by atoms with Gasteiger partial charge in [0.1, 0.15) is 11.9 Å². The lowest BCUT2D eigenvalue weighted by atomic mass is 9.99. The van der Waals surface area contributed by atoms with Crippen molar-refractivity contribution in [3.05, 3.63) is 83.9 Å². The Hall–Kier alpha value is -3.60. The van der Waals surface area contributed by atoms with Crippen LogP contribution in [0.25, 0.3) is 0 Å². The minimum absolute atomic E-state index is 0.101. The van der Waals surface area contributed by atoms with Crippen molar-refractivity contribution in [2.45, 2.75) is 37.4 Å². The number of benzene rings is 3. The van der Waals surface area contributed by atoms with Crippen molar-refractivity contribution < 1.29 is 27.8 Å². The highest BCUT2D eigenvalue weighted by Crippen LogP contribution is 2.36. The maximum atomic E-state index is 13.7. The molecule has 0 spiro atoms. The zero-order valence-corrected chi connectivity index (χ0v) is 24.1.